The van der Waals surface area contributed by atoms with Crippen LogP contribution in [0.5, 0.6) is 0 Å². The fourth-order valence-corrected chi connectivity index (χ4v) is 6.68. The molecule has 0 aliphatic heterocycles. The third-order valence-corrected chi connectivity index (χ3v) is 10.4. The molecule has 0 bridgehead atoms. The molecule has 0 rings (SSSR count). The van der Waals surface area contributed by atoms with Crippen LogP contribution in [-0.2, 0) is 28.6 Å². The molecule has 0 fully saturated rings. The quantitative estimate of drug-likeness (QED) is 0.0263. The van der Waals surface area contributed by atoms with Crippen molar-refractivity contribution in [2.75, 3.05) is 13.2 Å². The lowest BCUT2D eigenvalue weighted by Gasteiger charge is -2.18. The number of allylic oxidation sites excluding steroid dienone is 14. The summed E-state index contributed by atoms with van der Waals surface area (Å²) in [7, 11) is 0. The molecule has 6 nitrogen and oxygen atoms in total. The maximum absolute atomic E-state index is 12.8. The van der Waals surface area contributed by atoms with Crippen molar-refractivity contribution in [3.63, 3.8) is 0 Å². The zero-order valence-electron chi connectivity index (χ0n) is 39.7. The maximum Gasteiger partial charge on any atom is 0.306 e. The standard InChI is InChI=1S/C55H92O6/c1-4-7-10-13-16-19-22-25-27-30-33-36-39-42-45-48-54(57)60-51-52(50-59-53(56)47-44-41-38-35-32-29-24-21-18-15-12-9-6-3)61-55(58)49-46-43-40-37-34-31-28-26-23-20-17-14-11-8-5-2/h7-8,10-11,16-17,19-20,25-28,33,36,52H,4-6,9,12-15,18,21-24,29-32,34-35,37-51H2,1-3H3/b10-7-,11-8-,19-16-,20-17-,27-25-,28-26-,36-33-/t52-/m0/s1. The Hall–Kier alpha value is -3.41. The summed E-state index contributed by atoms with van der Waals surface area (Å²) >= 11 is 0. The summed E-state index contributed by atoms with van der Waals surface area (Å²) in [6, 6.07) is 0. The van der Waals surface area contributed by atoms with E-state index in [0.717, 1.165) is 122 Å². The van der Waals surface area contributed by atoms with Crippen LogP contribution in [0.25, 0.3) is 0 Å². The molecule has 0 aliphatic rings. The number of unbranched alkanes of at least 4 members (excludes halogenated alkanes) is 19. The van der Waals surface area contributed by atoms with Crippen LogP contribution in [0.2, 0.25) is 0 Å². The summed E-state index contributed by atoms with van der Waals surface area (Å²) in [5.74, 6) is -0.958. The van der Waals surface area contributed by atoms with E-state index in [2.05, 4.69) is 106 Å². The van der Waals surface area contributed by atoms with Gasteiger partial charge in [0.25, 0.3) is 0 Å². The second-order valence-electron chi connectivity index (χ2n) is 16.3. The second-order valence-corrected chi connectivity index (χ2v) is 16.3. The Labute approximate surface area is 375 Å². The number of hydrogen-bond donors (Lipinski definition) is 0. The van der Waals surface area contributed by atoms with Crippen LogP contribution < -0.4 is 0 Å². The Kier molecular flexibility index (Phi) is 46.5. The van der Waals surface area contributed by atoms with Gasteiger partial charge >= 0.3 is 17.9 Å². The lowest BCUT2D eigenvalue weighted by atomic mass is 10.0. The van der Waals surface area contributed by atoms with Gasteiger partial charge in [0.1, 0.15) is 13.2 Å². The predicted molar refractivity (Wildman–Crippen MR) is 261 cm³/mol. The number of rotatable bonds is 44. The smallest absolute Gasteiger partial charge is 0.306 e. The third kappa shape index (κ3) is 47.5. The van der Waals surface area contributed by atoms with E-state index in [4.69, 9.17) is 14.2 Å². The average molecular weight is 849 g/mol. The molecule has 1 atom stereocenters. The van der Waals surface area contributed by atoms with Crippen molar-refractivity contribution in [2.24, 2.45) is 0 Å². The van der Waals surface area contributed by atoms with Gasteiger partial charge in [-0.25, -0.2) is 0 Å². The molecule has 0 heterocycles. The second kappa shape index (κ2) is 49.2. The van der Waals surface area contributed by atoms with Crippen LogP contribution in [-0.4, -0.2) is 37.2 Å². The first-order chi connectivity index (χ1) is 30.0. The summed E-state index contributed by atoms with van der Waals surface area (Å²) < 4.78 is 16.7. The minimum absolute atomic E-state index is 0.0959. The van der Waals surface area contributed by atoms with Crippen molar-refractivity contribution < 1.29 is 28.6 Å². The van der Waals surface area contributed by atoms with Gasteiger partial charge in [0.2, 0.25) is 0 Å². The molecule has 348 valence electrons. The Bertz CT molecular complexity index is 1200. The van der Waals surface area contributed by atoms with Gasteiger partial charge in [-0.1, -0.05) is 202 Å². The third-order valence-electron chi connectivity index (χ3n) is 10.4. The first kappa shape index (κ1) is 57.6. The molecule has 0 amide bonds. The van der Waals surface area contributed by atoms with Gasteiger partial charge in [0.05, 0.1) is 0 Å². The number of esters is 3. The highest BCUT2D eigenvalue weighted by Crippen LogP contribution is 2.14. The van der Waals surface area contributed by atoms with Gasteiger partial charge < -0.3 is 14.2 Å². The summed E-state index contributed by atoms with van der Waals surface area (Å²) in [6.45, 7) is 6.35. The van der Waals surface area contributed by atoms with Crippen LogP contribution in [0.1, 0.15) is 226 Å². The van der Waals surface area contributed by atoms with E-state index in [1.165, 1.54) is 64.2 Å². The average Bonchev–Trinajstić information content (AvgIpc) is 3.26. The maximum atomic E-state index is 12.8. The lowest BCUT2D eigenvalue weighted by molar-refractivity contribution is -0.167. The molecule has 0 aromatic carbocycles. The van der Waals surface area contributed by atoms with Crippen molar-refractivity contribution in [3.05, 3.63) is 85.1 Å². The van der Waals surface area contributed by atoms with E-state index in [1.54, 1.807) is 0 Å². The van der Waals surface area contributed by atoms with Crippen molar-refractivity contribution in [1.29, 1.82) is 0 Å². The summed E-state index contributed by atoms with van der Waals surface area (Å²) in [5, 5.41) is 0. The van der Waals surface area contributed by atoms with Crippen LogP contribution in [0.15, 0.2) is 85.1 Å². The minimum atomic E-state index is -0.800. The monoisotopic (exact) mass is 849 g/mol. The molecule has 0 unspecified atom stereocenters. The molecule has 61 heavy (non-hydrogen) atoms. The highest BCUT2D eigenvalue weighted by atomic mass is 16.6. The van der Waals surface area contributed by atoms with Gasteiger partial charge in [-0.05, 0) is 89.9 Å². The molecule has 0 saturated carbocycles. The molecule has 0 aromatic rings. The van der Waals surface area contributed by atoms with E-state index in [1.807, 2.05) is 0 Å². The van der Waals surface area contributed by atoms with Gasteiger partial charge in [-0.15, -0.1) is 0 Å². The highest BCUT2D eigenvalue weighted by molar-refractivity contribution is 5.71. The highest BCUT2D eigenvalue weighted by Gasteiger charge is 2.19. The Morgan fingerprint density at radius 1 is 0.344 bits per heavy atom. The first-order valence-corrected chi connectivity index (χ1v) is 25.1. The van der Waals surface area contributed by atoms with Crippen LogP contribution in [0, 0.1) is 0 Å². The number of carbonyl (C=O) groups is 3. The summed E-state index contributed by atoms with van der Waals surface area (Å²) in [4.78, 5) is 37.9. The molecule has 6 heteroatoms. The fourth-order valence-electron chi connectivity index (χ4n) is 6.68. The molecule has 0 N–H and O–H groups in total. The zero-order chi connectivity index (χ0) is 44.4. The molecule has 0 radical (unpaired) electrons. The lowest BCUT2D eigenvalue weighted by Crippen LogP contribution is -2.30. The minimum Gasteiger partial charge on any atom is -0.462 e. The molecule has 0 aromatic heterocycles. The van der Waals surface area contributed by atoms with Crippen LogP contribution in [0.4, 0.5) is 0 Å². The number of hydrogen-bond acceptors (Lipinski definition) is 6. The molecule has 0 spiro atoms. The largest absolute Gasteiger partial charge is 0.462 e. The van der Waals surface area contributed by atoms with Gasteiger partial charge in [0.15, 0.2) is 6.10 Å². The molecular formula is C55H92O6. The summed E-state index contributed by atoms with van der Waals surface area (Å²) in [6.07, 6.45) is 62.8. The predicted octanol–water partition coefficient (Wildman–Crippen LogP) is 16.4. The Morgan fingerprint density at radius 2 is 0.639 bits per heavy atom. The van der Waals surface area contributed by atoms with Crippen LogP contribution >= 0.6 is 0 Å². The van der Waals surface area contributed by atoms with E-state index in [0.29, 0.717) is 19.3 Å². The van der Waals surface area contributed by atoms with Crippen molar-refractivity contribution in [2.45, 2.75) is 232 Å². The Balaban J connectivity index is 4.48. The fraction of sp³-hybridized carbons (Fsp3) is 0.691. The SMILES string of the molecule is CC/C=C\C/C=C\C/C=C\C/C=C\CCCCC(=O)OC[C@H](COC(=O)CCCCCCCCCCCCCCC)OC(=O)CCCCCCC/C=C\C/C=C\C/C=C\CC. The van der Waals surface area contributed by atoms with E-state index in [-0.39, 0.29) is 31.1 Å². The first-order valence-electron chi connectivity index (χ1n) is 25.1. The Morgan fingerprint density at radius 3 is 1.03 bits per heavy atom. The van der Waals surface area contributed by atoms with Gasteiger partial charge in [0, 0.05) is 19.3 Å². The number of carbonyl (C=O) groups excluding carboxylic acids is 3. The topological polar surface area (TPSA) is 78.9 Å². The molecular weight excluding hydrogens is 757 g/mol. The van der Waals surface area contributed by atoms with Crippen molar-refractivity contribution in [3.8, 4) is 0 Å². The zero-order valence-corrected chi connectivity index (χ0v) is 39.7. The van der Waals surface area contributed by atoms with Gasteiger partial charge in [-0.3, -0.25) is 14.4 Å². The summed E-state index contributed by atoms with van der Waals surface area (Å²) in [5.41, 5.74) is 0. The molecule has 0 aliphatic carbocycles. The van der Waals surface area contributed by atoms with E-state index in [9.17, 15) is 14.4 Å². The van der Waals surface area contributed by atoms with Crippen molar-refractivity contribution in [1.82, 2.24) is 0 Å². The van der Waals surface area contributed by atoms with E-state index >= 15 is 0 Å². The normalized spacial score (nSPS) is 12.8. The van der Waals surface area contributed by atoms with Gasteiger partial charge in [-0.2, -0.15) is 0 Å². The van der Waals surface area contributed by atoms with Crippen molar-refractivity contribution >= 4 is 17.9 Å². The number of ether oxygens (including phenoxy) is 3. The van der Waals surface area contributed by atoms with E-state index < -0.39 is 6.10 Å². The van der Waals surface area contributed by atoms with Crippen LogP contribution in [0.3, 0.4) is 0 Å². The molecule has 0 saturated heterocycles.